The van der Waals surface area contributed by atoms with Gasteiger partial charge in [0, 0.05) is 32.9 Å². The quantitative estimate of drug-likeness (QED) is 0.649. The van der Waals surface area contributed by atoms with Gasteiger partial charge < -0.3 is 20.5 Å². The smallest absolute Gasteiger partial charge is 0.158 e. The first kappa shape index (κ1) is 14.7. The zero-order chi connectivity index (χ0) is 13.2. The van der Waals surface area contributed by atoms with Crippen molar-refractivity contribution in [3.63, 3.8) is 0 Å². The number of nitrogens with two attached hydrogens (primary N) is 1. The molecule has 18 heavy (non-hydrogen) atoms. The summed E-state index contributed by atoms with van der Waals surface area (Å²) in [6.07, 6.45) is 2.05. The Morgan fingerprint density at radius 2 is 2.17 bits per heavy atom. The fourth-order valence-electron chi connectivity index (χ4n) is 1.45. The van der Waals surface area contributed by atoms with E-state index < -0.39 is 0 Å². The van der Waals surface area contributed by atoms with E-state index in [4.69, 9.17) is 15.2 Å². The molecule has 0 radical (unpaired) electrons. The number of rotatable bonds is 9. The van der Waals surface area contributed by atoms with Gasteiger partial charge in [0.1, 0.15) is 18.2 Å². The van der Waals surface area contributed by atoms with Crippen LogP contribution < -0.4 is 11.1 Å². The molecule has 1 heterocycles. The van der Waals surface area contributed by atoms with Gasteiger partial charge in [0.25, 0.3) is 0 Å². The van der Waals surface area contributed by atoms with Crippen molar-refractivity contribution >= 4 is 11.6 Å². The number of methoxy groups -OCH3 is 1. The lowest BCUT2D eigenvalue weighted by Gasteiger charge is -2.08. The molecule has 0 saturated carbocycles. The van der Waals surface area contributed by atoms with Gasteiger partial charge in [0.2, 0.25) is 0 Å². The highest BCUT2D eigenvalue weighted by atomic mass is 16.5. The number of ether oxygens (including phenoxy) is 2. The molecule has 0 saturated heterocycles. The number of hydrogen-bond acceptors (Lipinski definition) is 6. The van der Waals surface area contributed by atoms with Gasteiger partial charge in [0.15, 0.2) is 5.82 Å². The maximum absolute atomic E-state index is 5.72. The van der Waals surface area contributed by atoms with Gasteiger partial charge in [-0.25, -0.2) is 9.97 Å². The number of aromatic nitrogens is 2. The van der Waals surface area contributed by atoms with Crippen molar-refractivity contribution in [2.45, 2.75) is 26.4 Å². The first-order valence-electron chi connectivity index (χ1n) is 6.20. The number of nitrogen functional groups attached to an aromatic ring is 1. The van der Waals surface area contributed by atoms with Gasteiger partial charge in [-0.1, -0.05) is 0 Å². The molecule has 1 aromatic heterocycles. The largest absolute Gasteiger partial charge is 0.385 e. The fraction of sp³-hybridized carbons (Fsp3) is 0.667. The van der Waals surface area contributed by atoms with Crippen molar-refractivity contribution in [1.29, 1.82) is 0 Å². The summed E-state index contributed by atoms with van der Waals surface area (Å²) in [6, 6.07) is 1.73. The normalized spacial score (nSPS) is 10.6. The molecule has 0 atom stereocenters. The number of nitrogens with zero attached hydrogens (tertiary/aromatic N) is 2. The summed E-state index contributed by atoms with van der Waals surface area (Å²) >= 11 is 0. The molecular weight excluding hydrogens is 232 g/mol. The van der Waals surface area contributed by atoms with Crippen molar-refractivity contribution in [2.75, 3.05) is 37.9 Å². The highest BCUT2D eigenvalue weighted by Crippen LogP contribution is 2.09. The minimum absolute atomic E-state index is 0.389. The molecule has 1 rings (SSSR count). The molecule has 0 aliphatic carbocycles. The second-order valence-corrected chi connectivity index (χ2v) is 3.86. The molecule has 1 aromatic rings. The molecule has 102 valence electrons. The van der Waals surface area contributed by atoms with Gasteiger partial charge in [-0.3, -0.25) is 0 Å². The Hall–Kier alpha value is -1.40. The van der Waals surface area contributed by atoms with Crippen molar-refractivity contribution in [2.24, 2.45) is 0 Å². The van der Waals surface area contributed by atoms with Gasteiger partial charge >= 0.3 is 0 Å². The van der Waals surface area contributed by atoms with Crippen molar-refractivity contribution in [3.05, 3.63) is 11.9 Å². The highest BCUT2D eigenvalue weighted by Gasteiger charge is 2.02. The molecule has 0 bridgehead atoms. The van der Waals surface area contributed by atoms with E-state index in [0.717, 1.165) is 31.8 Å². The number of anilines is 2. The van der Waals surface area contributed by atoms with Crippen LogP contribution in [-0.2, 0) is 16.1 Å². The maximum Gasteiger partial charge on any atom is 0.158 e. The first-order chi connectivity index (χ1) is 8.76. The third kappa shape index (κ3) is 5.79. The second kappa shape index (κ2) is 8.66. The summed E-state index contributed by atoms with van der Waals surface area (Å²) in [5, 5.41) is 3.22. The Balaban J connectivity index is 2.41. The van der Waals surface area contributed by atoms with E-state index in [1.807, 2.05) is 6.92 Å². The summed E-state index contributed by atoms with van der Waals surface area (Å²) in [7, 11) is 1.71. The van der Waals surface area contributed by atoms with Crippen LogP contribution in [0.5, 0.6) is 0 Å². The van der Waals surface area contributed by atoms with E-state index in [1.54, 1.807) is 13.2 Å². The van der Waals surface area contributed by atoms with E-state index in [1.165, 1.54) is 0 Å². The zero-order valence-corrected chi connectivity index (χ0v) is 11.1. The number of nitrogens with one attached hydrogen (secondary N) is 1. The van der Waals surface area contributed by atoms with E-state index in [-0.39, 0.29) is 0 Å². The van der Waals surface area contributed by atoms with Crippen molar-refractivity contribution in [3.8, 4) is 0 Å². The fourth-order valence-corrected chi connectivity index (χ4v) is 1.45. The molecule has 6 heteroatoms. The molecule has 6 nitrogen and oxygen atoms in total. The predicted molar refractivity (Wildman–Crippen MR) is 71.4 cm³/mol. The van der Waals surface area contributed by atoms with Crippen molar-refractivity contribution in [1.82, 2.24) is 9.97 Å². The Kier molecular flexibility index (Phi) is 7.05. The van der Waals surface area contributed by atoms with Crippen molar-refractivity contribution < 1.29 is 9.47 Å². The van der Waals surface area contributed by atoms with Gasteiger partial charge in [0.05, 0.1) is 0 Å². The summed E-state index contributed by atoms with van der Waals surface area (Å²) in [4.78, 5) is 8.44. The van der Waals surface area contributed by atoms with Crippen LogP contribution in [0.15, 0.2) is 6.07 Å². The SMILES string of the molecule is CCOCc1nc(N)cc(NCCCCOC)n1. The van der Waals surface area contributed by atoms with Crippen LogP contribution in [0.4, 0.5) is 11.6 Å². The standard InChI is InChI=1S/C12H22N4O2/c1-3-18-9-12-15-10(13)8-11(16-12)14-6-4-5-7-17-2/h8H,3-7,9H2,1-2H3,(H3,13,14,15,16). The summed E-state index contributed by atoms with van der Waals surface area (Å²) in [5.74, 6) is 1.81. The highest BCUT2D eigenvalue weighted by molar-refractivity contribution is 5.44. The average molecular weight is 254 g/mol. The monoisotopic (exact) mass is 254 g/mol. The number of hydrogen-bond donors (Lipinski definition) is 2. The zero-order valence-electron chi connectivity index (χ0n) is 11.1. The van der Waals surface area contributed by atoms with E-state index in [9.17, 15) is 0 Å². The maximum atomic E-state index is 5.72. The van der Waals surface area contributed by atoms with Crippen LogP contribution >= 0.6 is 0 Å². The molecule has 0 unspecified atom stereocenters. The Morgan fingerprint density at radius 1 is 1.33 bits per heavy atom. The second-order valence-electron chi connectivity index (χ2n) is 3.86. The minimum atomic E-state index is 0.389. The molecule has 3 N–H and O–H groups in total. The van der Waals surface area contributed by atoms with Crippen LogP contribution in [0, 0.1) is 0 Å². The van der Waals surface area contributed by atoms with E-state index >= 15 is 0 Å². The van der Waals surface area contributed by atoms with Crippen LogP contribution in [0.2, 0.25) is 0 Å². The third-order valence-electron chi connectivity index (χ3n) is 2.31. The molecular formula is C12H22N4O2. The Bertz CT molecular complexity index is 347. The molecule has 0 aliphatic heterocycles. The number of unbranched alkanes of at least 4 members (excludes halogenated alkanes) is 1. The predicted octanol–water partition coefficient (Wildman–Crippen LogP) is 1.43. The van der Waals surface area contributed by atoms with Gasteiger partial charge in [-0.2, -0.15) is 0 Å². The topological polar surface area (TPSA) is 82.3 Å². The summed E-state index contributed by atoms with van der Waals surface area (Å²) in [6.45, 7) is 4.58. The Labute approximate surface area is 108 Å². The van der Waals surface area contributed by atoms with Gasteiger partial charge in [-0.05, 0) is 19.8 Å². The molecule has 0 amide bonds. The lowest BCUT2D eigenvalue weighted by Crippen LogP contribution is -2.09. The lowest BCUT2D eigenvalue weighted by molar-refractivity contribution is 0.128. The van der Waals surface area contributed by atoms with Gasteiger partial charge in [-0.15, -0.1) is 0 Å². The Morgan fingerprint density at radius 3 is 2.89 bits per heavy atom. The van der Waals surface area contributed by atoms with Crippen LogP contribution in [0.3, 0.4) is 0 Å². The molecule has 0 spiro atoms. The van der Waals surface area contributed by atoms with Crippen LogP contribution in [-0.4, -0.2) is 36.8 Å². The molecule has 0 aromatic carbocycles. The molecule has 0 fully saturated rings. The minimum Gasteiger partial charge on any atom is -0.385 e. The average Bonchev–Trinajstić information content (AvgIpc) is 2.35. The lowest BCUT2D eigenvalue weighted by atomic mass is 10.3. The van der Waals surface area contributed by atoms with Crippen LogP contribution in [0.25, 0.3) is 0 Å². The summed E-state index contributed by atoms with van der Waals surface area (Å²) in [5.41, 5.74) is 5.72. The first-order valence-corrected chi connectivity index (χ1v) is 6.20. The van der Waals surface area contributed by atoms with Crippen LogP contribution in [0.1, 0.15) is 25.6 Å². The summed E-state index contributed by atoms with van der Waals surface area (Å²) < 4.78 is 10.2. The third-order valence-corrected chi connectivity index (χ3v) is 2.31. The van der Waals surface area contributed by atoms with E-state index in [0.29, 0.717) is 24.9 Å². The van der Waals surface area contributed by atoms with E-state index in [2.05, 4.69) is 15.3 Å². The molecule has 0 aliphatic rings.